The number of rotatable bonds is 2. The molecule has 2 heteroatoms. The summed E-state index contributed by atoms with van der Waals surface area (Å²) in [5, 5.41) is 2.77. The van der Waals surface area contributed by atoms with Gasteiger partial charge in [-0.15, -0.1) is 0 Å². The lowest BCUT2D eigenvalue weighted by Gasteiger charge is -2.20. The van der Waals surface area contributed by atoms with Crippen molar-refractivity contribution in [2.24, 2.45) is 0 Å². The van der Waals surface area contributed by atoms with Crippen LogP contribution >= 0.6 is 0 Å². The highest BCUT2D eigenvalue weighted by Crippen LogP contribution is 2.12. The summed E-state index contributed by atoms with van der Waals surface area (Å²) >= 11 is 0. The van der Waals surface area contributed by atoms with Crippen LogP contribution in [0.25, 0.3) is 0 Å². The van der Waals surface area contributed by atoms with Crippen LogP contribution in [0.2, 0.25) is 0 Å². The van der Waals surface area contributed by atoms with Gasteiger partial charge >= 0.3 is 0 Å². The maximum Gasteiger partial charge on any atom is 0.112 e. The molecule has 0 spiro atoms. The zero-order chi connectivity index (χ0) is 6.78. The van der Waals surface area contributed by atoms with Gasteiger partial charge in [-0.25, -0.2) is 4.39 Å². The summed E-state index contributed by atoms with van der Waals surface area (Å²) in [7, 11) is 1.70. The van der Waals surface area contributed by atoms with E-state index >= 15 is 0 Å². The van der Waals surface area contributed by atoms with Gasteiger partial charge in [0.15, 0.2) is 0 Å². The van der Waals surface area contributed by atoms with Gasteiger partial charge in [0.25, 0.3) is 0 Å². The number of hydrogen-bond acceptors (Lipinski definition) is 1. The summed E-state index contributed by atoms with van der Waals surface area (Å²) in [6, 6.07) is 0. The number of nitrogens with one attached hydrogen (secondary N) is 1. The van der Waals surface area contributed by atoms with E-state index in [4.69, 9.17) is 0 Å². The van der Waals surface area contributed by atoms with Gasteiger partial charge < -0.3 is 5.32 Å². The molecule has 8 heavy (non-hydrogen) atoms. The Kier molecular flexibility index (Phi) is 2.16. The van der Waals surface area contributed by atoms with E-state index in [2.05, 4.69) is 11.9 Å². The highest BCUT2D eigenvalue weighted by molar-refractivity contribution is 5.03. The SMILES string of the molecule is C=C(F)C(C)(C)NC. The molecule has 0 saturated carbocycles. The fourth-order valence-electron chi connectivity index (χ4n) is 0.136. The van der Waals surface area contributed by atoms with E-state index in [9.17, 15) is 4.39 Å². The minimum atomic E-state index is -0.569. The second-order valence-electron chi connectivity index (χ2n) is 2.28. The molecule has 1 N–H and O–H groups in total. The molecular formula is C6H12FN. The summed E-state index contributed by atoms with van der Waals surface area (Å²) < 4.78 is 12.2. The first kappa shape index (κ1) is 7.63. The van der Waals surface area contributed by atoms with Crippen LogP contribution in [0.15, 0.2) is 12.4 Å². The molecule has 0 saturated heterocycles. The van der Waals surface area contributed by atoms with E-state index < -0.39 is 5.54 Å². The average molecular weight is 117 g/mol. The Balaban J connectivity index is 3.91. The Morgan fingerprint density at radius 3 is 2.00 bits per heavy atom. The molecule has 0 aliphatic carbocycles. The minimum absolute atomic E-state index is 0.333. The van der Waals surface area contributed by atoms with Crippen molar-refractivity contribution in [3.63, 3.8) is 0 Å². The third-order valence-corrected chi connectivity index (χ3v) is 1.30. The molecule has 0 amide bonds. The predicted octanol–water partition coefficient (Wildman–Crippen LogP) is 1.47. The van der Waals surface area contributed by atoms with E-state index in [1.807, 2.05) is 0 Å². The Morgan fingerprint density at radius 2 is 2.00 bits per heavy atom. The number of halogens is 1. The number of hydrogen-bond donors (Lipinski definition) is 1. The Labute approximate surface area is 49.6 Å². The van der Waals surface area contributed by atoms with Gasteiger partial charge in [0, 0.05) is 0 Å². The normalized spacial score (nSPS) is 11.5. The van der Waals surface area contributed by atoms with Crippen molar-refractivity contribution in [2.75, 3.05) is 7.05 Å². The third kappa shape index (κ3) is 1.62. The van der Waals surface area contributed by atoms with Crippen LogP contribution in [0.4, 0.5) is 4.39 Å². The quantitative estimate of drug-likeness (QED) is 0.577. The molecule has 0 aromatic carbocycles. The van der Waals surface area contributed by atoms with Gasteiger partial charge in [0.05, 0.1) is 5.54 Å². The molecule has 0 aliphatic heterocycles. The van der Waals surface area contributed by atoms with Crippen LogP contribution in [0.3, 0.4) is 0 Å². The lowest BCUT2D eigenvalue weighted by molar-refractivity contribution is 0.398. The first-order valence-corrected chi connectivity index (χ1v) is 2.54. The monoisotopic (exact) mass is 117 g/mol. The highest BCUT2D eigenvalue weighted by Gasteiger charge is 2.17. The molecular weight excluding hydrogens is 105 g/mol. The average Bonchev–Trinajstić information content (AvgIpc) is 1.67. The molecule has 0 fully saturated rings. The van der Waals surface area contributed by atoms with Crippen molar-refractivity contribution >= 4 is 0 Å². The number of likely N-dealkylation sites (N-methyl/N-ethyl adjacent to an activating group) is 1. The predicted molar refractivity (Wildman–Crippen MR) is 33.4 cm³/mol. The molecule has 0 heterocycles. The van der Waals surface area contributed by atoms with Crippen LogP contribution < -0.4 is 5.32 Å². The molecule has 0 aromatic rings. The summed E-state index contributed by atoms with van der Waals surface area (Å²) in [4.78, 5) is 0. The van der Waals surface area contributed by atoms with Gasteiger partial charge in [-0.05, 0) is 20.9 Å². The van der Waals surface area contributed by atoms with Crippen LogP contribution in [-0.4, -0.2) is 12.6 Å². The van der Waals surface area contributed by atoms with E-state index in [0.717, 1.165) is 0 Å². The third-order valence-electron chi connectivity index (χ3n) is 1.30. The van der Waals surface area contributed by atoms with Crippen LogP contribution in [0, 0.1) is 0 Å². The molecule has 0 unspecified atom stereocenters. The first-order chi connectivity index (χ1) is 3.50. The maximum atomic E-state index is 12.2. The largest absolute Gasteiger partial charge is 0.309 e. The standard InChI is InChI=1S/C6H12FN/c1-5(7)6(2,3)8-4/h8H,1H2,2-4H3. The molecule has 1 nitrogen and oxygen atoms in total. The van der Waals surface area contributed by atoms with E-state index in [0.29, 0.717) is 0 Å². The van der Waals surface area contributed by atoms with Crippen molar-refractivity contribution in [1.82, 2.24) is 5.32 Å². The molecule has 0 aliphatic rings. The second-order valence-corrected chi connectivity index (χ2v) is 2.28. The van der Waals surface area contributed by atoms with E-state index in [1.54, 1.807) is 20.9 Å². The van der Waals surface area contributed by atoms with Gasteiger partial charge in [-0.3, -0.25) is 0 Å². The van der Waals surface area contributed by atoms with E-state index in [1.165, 1.54) is 0 Å². The molecule has 0 radical (unpaired) electrons. The Morgan fingerprint density at radius 1 is 1.62 bits per heavy atom. The van der Waals surface area contributed by atoms with Crippen molar-refractivity contribution in [3.05, 3.63) is 12.4 Å². The van der Waals surface area contributed by atoms with Crippen molar-refractivity contribution in [1.29, 1.82) is 0 Å². The van der Waals surface area contributed by atoms with Crippen LogP contribution in [-0.2, 0) is 0 Å². The topological polar surface area (TPSA) is 12.0 Å². The van der Waals surface area contributed by atoms with Gasteiger partial charge in [-0.1, -0.05) is 6.58 Å². The van der Waals surface area contributed by atoms with E-state index in [-0.39, 0.29) is 5.83 Å². The zero-order valence-corrected chi connectivity index (χ0v) is 5.59. The molecule has 0 bridgehead atoms. The summed E-state index contributed by atoms with van der Waals surface area (Å²) in [6.07, 6.45) is 0. The Bertz CT molecular complexity index is 96.7. The van der Waals surface area contributed by atoms with Gasteiger partial charge in [-0.2, -0.15) is 0 Å². The molecule has 48 valence electrons. The lowest BCUT2D eigenvalue weighted by atomic mass is 10.1. The zero-order valence-electron chi connectivity index (χ0n) is 5.59. The van der Waals surface area contributed by atoms with Crippen LogP contribution in [0.5, 0.6) is 0 Å². The van der Waals surface area contributed by atoms with Crippen molar-refractivity contribution < 1.29 is 4.39 Å². The molecule has 0 atom stereocenters. The minimum Gasteiger partial charge on any atom is -0.309 e. The Hall–Kier alpha value is -0.370. The molecule has 0 rings (SSSR count). The second kappa shape index (κ2) is 2.27. The first-order valence-electron chi connectivity index (χ1n) is 2.54. The lowest BCUT2D eigenvalue weighted by Crippen LogP contribution is -2.36. The van der Waals surface area contributed by atoms with Gasteiger partial charge in [0.2, 0.25) is 0 Å². The smallest absolute Gasteiger partial charge is 0.112 e. The fourth-order valence-corrected chi connectivity index (χ4v) is 0.136. The van der Waals surface area contributed by atoms with Gasteiger partial charge in [0.1, 0.15) is 5.83 Å². The molecule has 0 aromatic heterocycles. The van der Waals surface area contributed by atoms with Crippen LogP contribution in [0.1, 0.15) is 13.8 Å². The maximum absolute atomic E-state index is 12.2. The van der Waals surface area contributed by atoms with Crippen molar-refractivity contribution in [3.8, 4) is 0 Å². The highest BCUT2D eigenvalue weighted by atomic mass is 19.1. The van der Waals surface area contributed by atoms with Crippen molar-refractivity contribution in [2.45, 2.75) is 19.4 Å². The summed E-state index contributed by atoms with van der Waals surface area (Å²) in [5.74, 6) is -0.333. The summed E-state index contributed by atoms with van der Waals surface area (Å²) in [6.45, 7) is 6.63. The summed E-state index contributed by atoms with van der Waals surface area (Å²) in [5.41, 5.74) is -0.569. The fraction of sp³-hybridized carbons (Fsp3) is 0.667.